The summed E-state index contributed by atoms with van der Waals surface area (Å²) >= 11 is 1.56. The quantitative estimate of drug-likeness (QED) is 0.429. The first-order valence-electron chi connectivity index (χ1n) is 9.52. The van der Waals surface area contributed by atoms with E-state index in [1.165, 1.54) is 0 Å². The first kappa shape index (κ1) is 19.9. The van der Waals surface area contributed by atoms with Crippen LogP contribution in [-0.4, -0.2) is 25.1 Å². The zero-order valence-electron chi connectivity index (χ0n) is 16.8. The van der Waals surface area contributed by atoms with Gasteiger partial charge in [0.2, 0.25) is 0 Å². The van der Waals surface area contributed by atoms with Crippen LogP contribution in [0.1, 0.15) is 16.1 Å². The third kappa shape index (κ3) is 4.14. The summed E-state index contributed by atoms with van der Waals surface area (Å²) in [4.78, 5) is 18.4. The number of carbonyl (C=O) groups is 1. The average molecular weight is 419 g/mol. The third-order valence-corrected chi connectivity index (χ3v) is 5.92. The topological polar surface area (TPSA) is 63.4 Å². The van der Waals surface area contributed by atoms with E-state index in [2.05, 4.69) is 10.3 Å². The zero-order chi connectivity index (χ0) is 20.9. The van der Waals surface area contributed by atoms with E-state index in [9.17, 15) is 4.79 Å². The number of H-pyrrole nitrogens is 1. The Kier molecular flexibility index (Phi) is 5.95. The summed E-state index contributed by atoms with van der Waals surface area (Å²) in [6.07, 6.45) is 0. The molecule has 0 aliphatic heterocycles. The second kappa shape index (κ2) is 8.97. The summed E-state index contributed by atoms with van der Waals surface area (Å²) in [6, 6.07) is 23.5. The minimum atomic E-state index is -0.172. The fourth-order valence-electron chi connectivity index (χ4n) is 3.26. The van der Waals surface area contributed by atoms with Crippen LogP contribution in [0.25, 0.3) is 10.9 Å². The van der Waals surface area contributed by atoms with E-state index in [4.69, 9.17) is 9.47 Å². The molecule has 0 radical (unpaired) electrons. The molecule has 4 aromatic rings. The lowest BCUT2D eigenvalue weighted by molar-refractivity contribution is 0.0943. The normalized spacial score (nSPS) is 10.7. The van der Waals surface area contributed by atoms with Crippen molar-refractivity contribution in [3.63, 3.8) is 0 Å². The molecule has 0 aliphatic rings. The summed E-state index contributed by atoms with van der Waals surface area (Å²) in [7, 11) is 3.25. The van der Waals surface area contributed by atoms with Crippen molar-refractivity contribution in [2.75, 3.05) is 14.2 Å². The molecule has 0 bridgehead atoms. The van der Waals surface area contributed by atoms with E-state index < -0.39 is 0 Å². The summed E-state index contributed by atoms with van der Waals surface area (Å²) in [6.45, 7) is 0.372. The Bertz CT molecular complexity index is 1170. The van der Waals surface area contributed by atoms with Crippen molar-refractivity contribution < 1.29 is 14.3 Å². The van der Waals surface area contributed by atoms with E-state index in [-0.39, 0.29) is 5.91 Å². The molecule has 0 atom stereocenters. The van der Waals surface area contributed by atoms with Gasteiger partial charge >= 0.3 is 0 Å². The molecule has 4 rings (SSSR count). The number of rotatable bonds is 7. The molecule has 3 aromatic carbocycles. The standard InChI is InChI=1S/C24H22N2O3S/c1-28-17-12-13-19-20(14-17)26-22(23(19)30-18-9-4-3-5-10-18)24(27)25-15-16-8-6-7-11-21(16)29-2/h3-14,26H,15H2,1-2H3,(H,25,27). The van der Waals surface area contributed by atoms with Crippen LogP contribution in [0, 0.1) is 0 Å². The van der Waals surface area contributed by atoms with Crippen LogP contribution in [0.4, 0.5) is 0 Å². The van der Waals surface area contributed by atoms with Crippen LogP contribution in [-0.2, 0) is 6.54 Å². The number of ether oxygens (including phenoxy) is 2. The van der Waals surface area contributed by atoms with Gasteiger partial charge in [-0.05, 0) is 30.3 Å². The highest BCUT2D eigenvalue weighted by atomic mass is 32.2. The Morgan fingerprint density at radius 3 is 2.50 bits per heavy atom. The molecule has 0 unspecified atom stereocenters. The van der Waals surface area contributed by atoms with Gasteiger partial charge in [-0.3, -0.25) is 4.79 Å². The van der Waals surface area contributed by atoms with Crippen LogP contribution in [0.3, 0.4) is 0 Å². The fraction of sp³-hybridized carbons (Fsp3) is 0.125. The summed E-state index contributed by atoms with van der Waals surface area (Å²) in [5.74, 6) is 1.31. The minimum absolute atomic E-state index is 0.172. The zero-order valence-corrected chi connectivity index (χ0v) is 17.6. The predicted molar refractivity (Wildman–Crippen MR) is 120 cm³/mol. The summed E-state index contributed by atoms with van der Waals surface area (Å²) < 4.78 is 10.7. The lowest BCUT2D eigenvalue weighted by atomic mass is 10.2. The summed E-state index contributed by atoms with van der Waals surface area (Å²) in [5.41, 5.74) is 2.31. The van der Waals surface area contributed by atoms with Crippen molar-refractivity contribution in [2.45, 2.75) is 16.3 Å². The maximum atomic E-state index is 13.1. The lowest BCUT2D eigenvalue weighted by Crippen LogP contribution is -2.24. The van der Waals surface area contributed by atoms with Gasteiger partial charge in [0.1, 0.15) is 17.2 Å². The van der Waals surface area contributed by atoms with Crippen molar-refractivity contribution >= 4 is 28.6 Å². The van der Waals surface area contributed by atoms with Crippen LogP contribution in [0.2, 0.25) is 0 Å². The monoisotopic (exact) mass is 418 g/mol. The van der Waals surface area contributed by atoms with Gasteiger partial charge in [0.05, 0.1) is 24.6 Å². The smallest absolute Gasteiger partial charge is 0.269 e. The molecule has 0 aliphatic carbocycles. The molecule has 1 heterocycles. The minimum Gasteiger partial charge on any atom is -0.497 e. The number of aromatic amines is 1. The summed E-state index contributed by atoms with van der Waals surface area (Å²) in [5, 5.41) is 3.99. The van der Waals surface area contributed by atoms with Crippen molar-refractivity contribution in [2.24, 2.45) is 0 Å². The first-order valence-corrected chi connectivity index (χ1v) is 10.3. The van der Waals surface area contributed by atoms with Gasteiger partial charge in [-0.15, -0.1) is 0 Å². The SMILES string of the molecule is COc1ccc2c(Sc3ccccc3)c(C(=O)NCc3ccccc3OC)[nH]c2c1. The van der Waals surface area contributed by atoms with Gasteiger partial charge in [-0.1, -0.05) is 48.2 Å². The van der Waals surface area contributed by atoms with Crippen LogP contribution >= 0.6 is 11.8 Å². The number of aromatic nitrogens is 1. The third-order valence-electron chi connectivity index (χ3n) is 4.78. The maximum absolute atomic E-state index is 13.1. The number of hydrogen-bond donors (Lipinski definition) is 2. The molecule has 30 heavy (non-hydrogen) atoms. The molecule has 1 amide bonds. The molecule has 0 fully saturated rings. The van der Waals surface area contributed by atoms with Gasteiger partial charge in [0, 0.05) is 28.5 Å². The van der Waals surface area contributed by atoms with E-state index >= 15 is 0 Å². The number of nitrogens with one attached hydrogen (secondary N) is 2. The molecule has 0 saturated carbocycles. The van der Waals surface area contributed by atoms with Crippen LogP contribution in [0.5, 0.6) is 11.5 Å². The number of methoxy groups -OCH3 is 2. The van der Waals surface area contributed by atoms with E-state index in [0.29, 0.717) is 12.2 Å². The highest BCUT2D eigenvalue weighted by Crippen LogP contribution is 2.37. The molecule has 0 saturated heterocycles. The molecule has 6 heteroatoms. The van der Waals surface area contributed by atoms with Crippen LogP contribution in [0.15, 0.2) is 82.6 Å². The van der Waals surface area contributed by atoms with Crippen molar-refractivity contribution in [1.29, 1.82) is 0 Å². The first-order chi connectivity index (χ1) is 14.7. The Labute approximate surface area is 179 Å². The number of amides is 1. The molecule has 152 valence electrons. The molecular weight excluding hydrogens is 396 g/mol. The van der Waals surface area contributed by atoms with Gasteiger partial charge < -0.3 is 19.8 Å². The van der Waals surface area contributed by atoms with E-state index in [1.54, 1.807) is 26.0 Å². The Morgan fingerprint density at radius 1 is 0.967 bits per heavy atom. The number of hydrogen-bond acceptors (Lipinski definition) is 4. The number of carbonyl (C=O) groups excluding carboxylic acids is 1. The number of fused-ring (bicyclic) bond motifs is 1. The van der Waals surface area contributed by atoms with Crippen LogP contribution < -0.4 is 14.8 Å². The fourth-order valence-corrected chi connectivity index (χ4v) is 4.33. The lowest BCUT2D eigenvalue weighted by Gasteiger charge is -2.10. The molecule has 2 N–H and O–H groups in total. The second-order valence-corrected chi connectivity index (χ2v) is 7.73. The van der Waals surface area contributed by atoms with Gasteiger partial charge in [0.25, 0.3) is 5.91 Å². The maximum Gasteiger partial charge on any atom is 0.269 e. The van der Waals surface area contributed by atoms with Crippen molar-refractivity contribution in [3.05, 3.63) is 84.1 Å². The highest BCUT2D eigenvalue weighted by molar-refractivity contribution is 7.99. The predicted octanol–water partition coefficient (Wildman–Crippen LogP) is 5.27. The van der Waals surface area contributed by atoms with Gasteiger partial charge in [-0.25, -0.2) is 0 Å². The van der Waals surface area contributed by atoms with Gasteiger partial charge in [-0.2, -0.15) is 0 Å². The molecule has 1 aromatic heterocycles. The number of para-hydroxylation sites is 1. The number of benzene rings is 3. The van der Waals surface area contributed by atoms with Crippen molar-refractivity contribution in [1.82, 2.24) is 10.3 Å². The van der Waals surface area contributed by atoms with Crippen molar-refractivity contribution in [3.8, 4) is 11.5 Å². The largest absolute Gasteiger partial charge is 0.497 e. The second-order valence-electron chi connectivity index (χ2n) is 6.65. The Morgan fingerprint density at radius 2 is 1.73 bits per heavy atom. The average Bonchev–Trinajstić information content (AvgIpc) is 3.15. The molecule has 5 nitrogen and oxygen atoms in total. The van der Waals surface area contributed by atoms with E-state index in [0.717, 1.165) is 37.8 Å². The Hall–Kier alpha value is -3.38. The van der Waals surface area contributed by atoms with E-state index in [1.807, 2.05) is 72.8 Å². The molecular formula is C24H22N2O3S. The van der Waals surface area contributed by atoms with Gasteiger partial charge in [0.15, 0.2) is 0 Å². The Balaban J connectivity index is 1.67. The highest BCUT2D eigenvalue weighted by Gasteiger charge is 2.19. The molecule has 0 spiro atoms.